The molecule has 0 aliphatic rings. The highest BCUT2D eigenvalue weighted by Crippen LogP contribution is 2.61. The van der Waals surface area contributed by atoms with E-state index in [1.165, 1.54) is 24.3 Å². The lowest BCUT2D eigenvalue weighted by atomic mass is 10.1. The Morgan fingerprint density at radius 2 is 1.89 bits per heavy atom. The highest BCUT2D eigenvalue weighted by atomic mass is 79.9. The fourth-order valence-corrected chi connectivity index (χ4v) is 3.01. The summed E-state index contributed by atoms with van der Waals surface area (Å²) in [7, 11) is -5.62. The van der Waals surface area contributed by atoms with Crippen LogP contribution < -0.4 is 0 Å². The molecule has 0 saturated carbocycles. The molecule has 0 aliphatic heterocycles. The Hall–Kier alpha value is -0.880. The molecular formula is C11H9BrF2NO3P. The van der Waals surface area contributed by atoms with Crippen molar-refractivity contribution in [2.24, 2.45) is 0 Å². The average Bonchev–Trinajstić information content (AvgIpc) is 2.27. The SMILES string of the molecule is Cc1ccc2c(C(F)(F)P(=O)(O)O)c(Br)ccc2n1. The molecule has 0 radical (unpaired) electrons. The van der Waals surface area contributed by atoms with Gasteiger partial charge in [0.1, 0.15) is 0 Å². The van der Waals surface area contributed by atoms with Crippen LogP contribution >= 0.6 is 23.5 Å². The first-order valence-electron chi connectivity index (χ1n) is 5.14. The van der Waals surface area contributed by atoms with Gasteiger partial charge in [-0.05, 0) is 25.1 Å². The lowest BCUT2D eigenvalue weighted by Crippen LogP contribution is -2.15. The van der Waals surface area contributed by atoms with E-state index >= 15 is 0 Å². The summed E-state index contributed by atoms with van der Waals surface area (Å²) < 4.78 is 38.8. The largest absolute Gasteiger partial charge is 0.399 e. The van der Waals surface area contributed by atoms with Crippen LogP contribution in [0.3, 0.4) is 0 Å². The van der Waals surface area contributed by atoms with Crippen LogP contribution in [-0.2, 0) is 10.2 Å². The monoisotopic (exact) mass is 351 g/mol. The maximum Gasteiger partial charge on any atom is 0.399 e. The average molecular weight is 352 g/mol. The molecule has 0 saturated heterocycles. The van der Waals surface area contributed by atoms with E-state index in [-0.39, 0.29) is 15.4 Å². The summed E-state index contributed by atoms with van der Waals surface area (Å²) in [6.45, 7) is 1.70. The molecule has 2 N–H and O–H groups in total. The predicted octanol–water partition coefficient (Wildman–Crippen LogP) is 3.53. The number of hydrogen-bond acceptors (Lipinski definition) is 2. The molecule has 2 rings (SSSR count). The van der Waals surface area contributed by atoms with Crippen LogP contribution in [0.2, 0.25) is 0 Å². The number of fused-ring (bicyclic) bond motifs is 1. The molecule has 0 atom stereocenters. The van der Waals surface area contributed by atoms with Gasteiger partial charge < -0.3 is 9.79 Å². The first-order chi connectivity index (χ1) is 8.64. The summed E-state index contributed by atoms with van der Waals surface area (Å²) in [5.74, 6) is 0. The van der Waals surface area contributed by atoms with Crippen LogP contribution in [0.25, 0.3) is 10.9 Å². The molecule has 0 aliphatic carbocycles. The maximum absolute atomic E-state index is 13.9. The maximum atomic E-state index is 13.9. The van der Waals surface area contributed by atoms with E-state index < -0.39 is 18.8 Å². The van der Waals surface area contributed by atoms with Gasteiger partial charge in [-0.15, -0.1) is 0 Å². The van der Waals surface area contributed by atoms with Crippen molar-refractivity contribution >= 4 is 34.4 Å². The molecule has 0 unspecified atom stereocenters. The van der Waals surface area contributed by atoms with E-state index in [4.69, 9.17) is 9.79 Å². The molecular weight excluding hydrogens is 343 g/mol. The Morgan fingerprint density at radius 1 is 1.26 bits per heavy atom. The lowest BCUT2D eigenvalue weighted by Gasteiger charge is -2.21. The number of aromatic nitrogens is 1. The normalized spacial score (nSPS) is 12.9. The Balaban J connectivity index is 2.87. The van der Waals surface area contributed by atoms with Crippen molar-refractivity contribution in [2.45, 2.75) is 12.6 Å². The van der Waals surface area contributed by atoms with Crippen molar-refractivity contribution in [3.63, 3.8) is 0 Å². The zero-order valence-corrected chi connectivity index (χ0v) is 12.1. The number of benzene rings is 1. The Kier molecular flexibility index (Phi) is 3.51. The molecule has 102 valence electrons. The second-order valence-electron chi connectivity index (χ2n) is 4.03. The van der Waals surface area contributed by atoms with E-state index in [1.807, 2.05) is 0 Å². The van der Waals surface area contributed by atoms with Crippen LogP contribution in [0.15, 0.2) is 28.7 Å². The highest BCUT2D eigenvalue weighted by Gasteiger charge is 2.52. The van der Waals surface area contributed by atoms with Gasteiger partial charge >= 0.3 is 13.3 Å². The zero-order valence-electron chi connectivity index (χ0n) is 9.64. The summed E-state index contributed by atoms with van der Waals surface area (Å²) in [5.41, 5.74) is -4.14. The Morgan fingerprint density at radius 3 is 2.47 bits per heavy atom. The number of alkyl halides is 2. The quantitative estimate of drug-likeness (QED) is 0.812. The summed E-state index contributed by atoms with van der Waals surface area (Å²) in [5, 5.41) is 0.00769. The van der Waals surface area contributed by atoms with Gasteiger partial charge in [0.25, 0.3) is 0 Å². The molecule has 0 amide bonds. The minimum absolute atomic E-state index is 0.00769. The second-order valence-corrected chi connectivity index (χ2v) is 6.53. The summed E-state index contributed by atoms with van der Waals surface area (Å²) >= 11 is 2.91. The van der Waals surface area contributed by atoms with Gasteiger partial charge in [-0.1, -0.05) is 22.0 Å². The van der Waals surface area contributed by atoms with Crippen LogP contribution in [0, 0.1) is 6.92 Å². The van der Waals surface area contributed by atoms with Gasteiger partial charge in [0, 0.05) is 15.6 Å². The number of nitrogens with zero attached hydrogens (tertiary/aromatic N) is 1. The number of hydrogen-bond donors (Lipinski definition) is 2. The molecule has 1 aromatic carbocycles. The predicted molar refractivity (Wildman–Crippen MR) is 70.1 cm³/mol. The topological polar surface area (TPSA) is 70.4 Å². The van der Waals surface area contributed by atoms with Crippen molar-refractivity contribution in [1.82, 2.24) is 4.98 Å². The number of halogens is 3. The molecule has 1 aromatic heterocycles. The van der Waals surface area contributed by atoms with Crippen molar-refractivity contribution < 1.29 is 23.1 Å². The molecule has 0 spiro atoms. The number of rotatable bonds is 2. The minimum atomic E-state index is -5.62. The molecule has 0 fully saturated rings. The summed E-state index contributed by atoms with van der Waals surface area (Å²) in [6.07, 6.45) is 0. The van der Waals surface area contributed by atoms with Gasteiger partial charge in [0.15, 0.2) is 0 Å². The van der Waals surface area contributed by atoms with Crippen molar-refractivity contribution in [2.75, 3.05) is 0 Å². The number of aryl methyl sites for hydroxylation is 1. The van der Waals surface area contributed by atoms with E-state index in [0.29, 0.717) is 5.69 Å². The fourth-order valence-electron chi connectivity index (χ4n) is 1.73. The Bertz CT molecular complexity index is 702. The third kappa shape index (κ3) is 2.43. The van der Waals surface area contributed by atoms with E-state index in [1.54, 1.807) is 6.92 Å². The highest BCUT2D eigenvalue weighted by molar-refractivity contribution is 9.10. The van der Waals surface area contributed by atoms with Crippen molar-refractivity contribution in [3.05, 3.63) is 40.0 Å². The van der Waals surface area contributed by atoms with Gasteiger partial charge in [-0.25, -0.2) is 0 Å². The standard InChI is InChI=1S/C11H9BrF2NO3P/c1-6-2-3-7-9(15-6)5-4-8(12)10(7)11(13,14)19(16,17)18/h2-5H,1H3,(H2,16,17,18). The first-order valence-corrected chi connectivity index (χ1v) is 7.55. The minimum Gasteiger partial charge on any atom is -0.320 e. The smallest absolute Gasteiger partial charge is 0.320 e. The molecule has 19 heavy (non-hydrogen) atoms. The van der Waals surface area contributed by atoms with Crippen molar-refractivity contribution in [1.29, 1.82) is 0 Å². The van der Waals surface area contributed by atoms with E-state index in [2.05, 4.69) is 20.9 Å². The van der Waals surface area contributed by atoms with Crippen LogP contribution in [0.4, 0.5) is 8.78 Å². The summed E-state index contributed by atoms with van der Waals surface area (Å²) in [4.78, 5) is 21.8. The molecule has 8 heteroatoms. The van der Waals surface area contributed by atoms with E-state index in [0.717, 1.165) is 0 Å². The summed E-state index contributed by atoms with van der Waals surface area (Å²) in [6, 6.07) is 5.69. The molecule has 1 heterocycles. The fraction of sp³-hybridized carbons (Fsp3) is 0.182. The molecule has 0 bridgehead atoms. The first kappa shape index (κ1) is 14.5. The zero-order chi connectivity index (χ0) is 14.4. The molecule has 2 aromatic rings. The lowest BCUT2D eigenvalue weighted by molar-refractivity contribution is 0.0572. The van der Waals surface area contributed by atoms with Crippen LogP contribution in [0.5, 0.6) is 0 Å². The van der Waals surface area contributed by atoms with E-state index in [9.17, 15) is 13.3 Å². The van der Waals surface area contributed by atoms with Gasteiger partial charge in [-0.2, -0.15) is 8.78 Å². The third-order valence-corrected chi connectivity index (χ3v) is 4.24. The molecule has 4 nitrogen and oxygen atoms in total. The third-order valence-electron chi connectivity index (χ3n) is 2.63. The van der Waals surface area contributed by atoms with Crippen molar-refractivity contribution in [3.8, 4) is 0 Å². The number of pyridine rings is 1. The van der Waals surface area contributed by atoms with Gasteiger partial charge in [-0.3, -0.25) is 9.55 Å². The van der Waals surface area contributed by atoms with Crippen LogP contribution in [0.1, 0.15) is 11.3 Å². The van der Waals surface area contributed by atoms with Crippen LogP contribution in [-0.4, -0.2) is 14.8 Å². The second kappa shape index (κ2) is 4.59. The van der Waals surface area contributed by atoms with Gasteiger partial charge in [0.05, 0.1) is 11.1 Å². The van der Waals surface area contributed by atoms with Gasteiger partial charge in [0.2, 0.25) is 0 Å². The Labute approximate surface area is 115 Å².